The average molecular weight is 184 g/mol. The highest BCUT2D eigenvalue weighted by atomic mass is 14.5. The molecule has 0 aromatic heterocycles. The van der Waals surface area contributed by atoms with Gasteiger partial charge in [-0.25, -0.2) is 0 Å². The fraction of sp³-hybridized carbons (Fsp3) is 0.571. The quantitative estimate of drug-likeness (QED) is 0.506. The summed E-state index contributed by atoms with van der Waals surface area (Å²) in [6.07, 6.45) is 15.2. The van der Waals surface area contributed by atoms with Crippen molar-refractivity contribution in [1.82, 2.24) is 0 Å². The van der Waals surface area contributed by atoms with E-state index in [9.17, 15) is 0 Å². The van der Waals surface area contributed by atoms with Crippen molar-refractivity contribution in [2.75, 3.05) is 0 Å². The van der Waals surface area contributed by atoms with E-state index in [4.69, 9.17) is 0 Å². The molecule has 1 saturated carbocycles. The van der Waals surface area contributed by atoms with Gasteiger partial charge in [0.05, 0.1) is 0 Å². The topological polar surface area (TPSA) is 0 Å². The van der Waals surface area contributed by atoms with Gasteiger partial charge in [0, 0.05) is 0 Å². The predicted octanol–water partition coefficient (Wildman–Crippen LogP) is 3.48. The molecule has 4 unspecified atom stereocenters. The van der Waals surface area contributed by atoms with Crippen molar-refractivity contribution in [3.05, 3.63) is 35.5 Å². The minimum atomic E-state index is 0.920. The fourth-order valence-electron chi connectivity index (χ4n) is 4.30. The molecule has 0 aromatic carbocycles. The van der Waals surface area contributed by atoms with Crippen LogP contribution in [-0.2, 0) is 0 Å². The van der Waals surface area contributed by atoms with E-state index in [0.717, 1.165) is 23.7 Å². The molecule has 0 N–H and O–H groups in total. The van der Waals surface area contributed by atoms with E-state index in [1.807, 2.05) is 5.57 Å². The minimum Gasteiger partial charge on any atom is -0.0848 e. The SMILES string of the molecule is C1=CCC2=C(C1)CC1C3C=CC(C3)C21. The van der Waals surface area contributed by atoms with Crippen LogP contribution in [0.5, 0.6) is 0 Å². The van der Waals surface area contributed by atoms with Crippen molar-refractivity contribution in [3.8, 4) is 0 Å². The molecule has 0 nitrogen and oxygen atoms in total. The maximum Gasteiger partial charge on any atom is -0.00971 e. The van der Waals surface area contributed by atoms with E-state index in [-0.39, 0.29) is 0 Å². The van der Waals surface area contributed by atoms with Crippen molar-refractivity contribution < 1.29 is 0 Å². The predicted molar refractivity (Wildman–Crippen MR) is 57.7 cm³/mol. The van der Waals surface area contributed by atoms with Crippen LogP contribution in [0.15, 0.2) is 35.5 Å². The smallest absolute Gasteiger partial charge is 0.00971 e. The summed E-state index contributed by atoms with van der Waals surface area (Å²) < 4.78 is 0. The van der Waals surface area contributed by atoms with Crippen molar-refractivity contribution in [2.45, 2.75) is 25.7 Å². The van der Waals surface area contributed by atoms with E-state index in [0.29, 0.717) is 0 Å². The Morgan fingerprint density at radius 1 is 1.00 bits per heavy atom. The normalized spacial score (nSPS) is 47.4. The summed E-state index contributed by atoms with van der Waals surface area (Å²) in [4.78, 5) is 0. The van der Waals surface area contributed by atoms with Crippen LogP contribution < -0.4 is 0 Å². The number of hydrogen-bond acceptors (Lipinski definition) is 0. The summed E-state index contributed by atoms with van der Waals surface area (Å²) in [6.45, 7) is 0. The van der Waals surface area contributed by atoms with E-state index in [1.54, 1.807) is 5.57 Å². The molecule has 4 rings (SSSR count). The zero-order chi connectivity index (χ0) is 9.12. The molecule has 0 aromatic rings. The van der Waals surface area contributed by atoms with Gasteiger partial charge in [-0.05, 0) is 49.4 Å². The fourth-order valence-corrected chi connectivity index (χ4v) is 4.30. The molecule has 0 saturated heterocycles. The van der Waals surface area contributed by atoms with E-state index >= 15 is 0 Å². The van der Waals surface area contributed by atoms with Crippen LogP contribution in [0, 0.1) is 23.7 Å². The Morgan fingerprint density at radius 3 is 2.86 bits per heavy atom. The van der Waals surface area contributed by atoms with Gasteiger partial charge in [0.15, 0.2) is 0 Å². The van der Waals surface area contributed by atoms with Crippen molar-refractivity contribution in [3.63, 3.8) is 0 Å². The minimum absolute atomic E-state index is 0.920. The summed E-state index contributed by atoms with van der Waals surface area (Å²) in [7, 11) is 0. The van der Waals surface area contributed by atoms with Gasteiger partial charge in [0.25, 0.3) is 0 Å². The molecular formula is C14H16. The second kappa shape index (κ2) is 2.42. The summed E-state index contributed by atoms with van der Waals surface area (Å²) in [5, 5.41) is 0. The van der Waals surface area contributed by atoms with Gasteiger partial charge in [-0.1, -0.05) is 35.5 Å². The van der Waals surface area contributed by atoms with Gasteiger partial charge >= 0.3 is 0 Å². The Labute approximate surface area is 85.4 Å². The monoisotopic (exact) mass is 184 g/mol. The number of rotatable bonds is 0. The van der Waals surface area contributed by atoms with Crippen molar-refractivity contribution in [2.24, 2.45) is 23.7 Å². The first-order valence-electron chi connectivity index (χ1n) is 5.97. The molecule has 2 bridgehead atoms. The third-order valence-corrected chi connectivity index (χ3v) is 4.83. The summed E-state index contributed by atoms with van der Waals surface area (Å²) in [5.41, 5.74) is 3.65. The molecule has 1 fully saturated rings. The maximum atomic E-state index is 2.50. The lowest BCUT2D eigenvalue weighted by molar-refractivity contribution is 0.381. The molecule has 72 valence electrons. The van der Waals surface area contributed by atoms with Crippen LogP contribution in [0.25, 0.3) is 0 Å². The first kappa shape index (κ1) is 7.50. The first-order valence-corrected chi connectivity index (χ1v) is 5.97. The van der Waals surface area contributed by atoms with Crippen LogP contribution in [0.4, 0.5) is 0 Å². The van der Waals surface area contributed by atoms with Gasteiger partial charge in [-0.3, -0.25) is 0 Å². The lowest BCUT2D eigenvalue weighted by Gasteiger charge is -2.23. The number of allylic oxidation sites excluding steroid dienone is 6. The average Bonchev–Trinajstić information content (AvgIpc) is 2.88. The van der Waals surface area contributed by atoms with Gasteiger partial charge < -0.3 is 0 Å². The molecule has 0 amide bonds. The summed E-state index contributed by atoms with van der Waals surface area (Å²) in [6, 6.07) is 0. The molecule has 4 atom stereocenters. The Kier molecular flexibility index (Phi) is 1.30. The molecule has 0 heterocycles. The Morgan fingerprint density at radius 2 is 1.86 bits per heavy atom. The molecule has 4 aliphatic carbocycles. The van der Waals surface area contributed by atoms with E-state index in [2.05, 4.69) is 24.3 Å². The molecule has 4 aliphatic rings. The van der Waals surface area contributed by atoms with Crippen LogP contribution in [0.1, 0.15) is 25.7 Å². The lowest BCUT2D eigenvalue weighted by Crippen LogP contribution is -2.16. The third-order valence-electron chi connectivity index (χ3n) is 4.83. The second-order valence-electron chi connectivity index (χ2n) is 5.35. The molecule has 0 aliphatic heterocycles. The van der Waals surface area contributed by atoms with Gasteiger partial charge in [-0.2, -0.15) is 0 Å². The Hall–Kier alpha value is -0.780. The first-order chi connectivity index (χ1) is 6.93. The zero-order valence-electron chi connectivity index (χ0n) is 8.45. The lowest BCUT2D eigenvalue weighted by atomic mass is 9.81. The molecule has 0 spiro atoms. The molecule has 14 heavy (non-hydrogen) atoms. The Balaban J connectivity index is 1.76. The van der Waals surface area contributed by atoms with Gasteiger partial charge in [-0.15, -0.1) is 0 Å². The van der Waals surface area contributed by atoms with Crippen LogP contribution in [-0.4, -0.2) is 0 Å². The highest BCUT2D eigenvalue weighted by Gasteiger charge is 2.49. The van der Waals surface area contributed by atoms with Crippen LogP contribution >= 0.6 is 0 Å². The standard InChI is InChI=1S/C14H16/c1-2-4-12-9(3-1)8-13-10-5-6-11(7-10)14(12)13/h1-2,5-6,10-11,13-14H,3-4,7-8H2. The van der Waals surface area contributed by atoms with Crippen LogP contribution in [0.3, 0.4) is 0 Å². The Bertz CT molecular complexity index is 369. The van der Waals surface area contributed by atoms with Crippen molar-refractivity contribution >= 4 is 0 Å². The second-order valence-corrected chi connectivity index (χ2v) is 5.35. The molecule has 0 radical (unpaired) electrons. The highest BCUT2D eigenvalue weighted by molar-refractivity contribution is 5.37. The molecular weight excluding hydrogens is 168 g/mol. The molecule has 0 heteroatoms. The van der Waals surface area contributed by atoms with Gasteiger partial charge in [0.2, 0.25) is 0 Å². The van der Waals surface area contributed by atoms with Gasteiger partial charge in [0.1, 0.15) is 0 Å². The zero-order valence-corrected chi connectivity index (χ0v) is 8.45. The summed E-state index contributed by atoms with van der Waals surface area (Å²) in [5.74, 6) is 3.83. The van der Waals surface area contributed by atoms with E-state index in [1.165, 1.54) is 25.7 Å². The largest absolute Gasteiger partial charge is 0.0848 e. The highest BCUT2D eigenvalue weighted by Crippen LogP contribution is 2.59. The summed E-state index contributed by atoms with van der Waals surface area (Å²) >= 11 is 0. The third kappa shape index (κ3) is 0.762. The maximum absolute atomic E-state index is 2.50. The number of fused-ring (bicyclic) bond motifs is 6. The van der Waals surface area contributed by atoms with Crippen LogP contribution in [0.2, 0.25) is 0 Å². The van der Waals surface area contributed by atoms with E-state index < -0.39 is 0 Å². The number of hydrogen-bond donors (Lipinski definition) is 0. The van der Waals surface area contributed by atoms with Crippen molar-refractivity contribution in [1.29, 1.82) is 0 Å².